The summed E-state index contributed by atoms with van der Waals surface area (Å²) in [6, 6.07) is 1.87. The van der Waals surface area contributed by atoms with Crippen molar-refractivity contribution in [1.82, 2.24) is 9.13 Å². The summed E-state index contributed by atoms with van der Waals surface area (Å²) in [6.07, 6.45) is 1.34. The number of hydrogen-bond donors (Lipinski definition) is 1. The van der Waals surface area contributed by atoms with Crippen molar-refractivity contribution < 1.29 is 0 Å². The molecule has 0 unspecified atom stereocenters. The first kappa shape index (κ1) is 12.1. The third-order valence-corrected chi connectivity index (χ3v) is 3.98. The molecule has 17 heavy (non-hydrogen) atoms. The molecule has 0 fully saturated rings. The third-order valence-electron chi connectivity index (χ3n) is 2.29. The maximum Gasteiger partial charge on any atom is 0.331 e. The van der Waals surface area contributed by atoms with Crippen LogP contribution in [0.5, 0.6) is 0 Å². The Kier molecular flexibility index (Phi) is 3.21. The zero-order valence-electron chi connectivity index (χ0n) is 9.01. The Bertz CT molecular complexity index is 637. The van der Waals surface area contributed by atoms with Gasteiger partial charge in [-0.15, -0.1) is 11.3 Å². The molecule has 0 amide bonds. The van der Waals surface area contributed by atoms with E-state index in [0.717, 1.165) is 13.9 Å². The molecule has 0 bridgehead atoms. The first-order valence-corrected chi connectivity index (χ1v) is 6.45. The third kappa shape index (κ3) is 2.34. The molecule has 0 aliphatic carbocycles. The average molecular weight is 316 g/mol. The van der Waals surface area contributed by atoms with Gasteiger partial charge >= 0.3 is 5.69 Å². The lowest BCUT2D eigenvalue weighted by molar-refractivity contribution is 0.648. The van der Waals surface area contributed by atoms with Gasteiger partial charge in [-0.05, 0) is 22.0 Å². The van der Waals surface area contributed by atoms with Crippen LogP contribution in [0.4, 0.5) is 5.69 Å². The number of nitrogens with zero attached hydrogens (tertiary/aromatic N) is 2. The van der Waals surface area contributed by atoms with E-state index in [9.17, 15) is 9.59 Å². The smallest absolute Gasteiger partial charge is 0.331 e. The largest absolute Gasteiger partial charge is 0.393 e. The van der Waals surface area contributed by atoms with E-state index in [0.29, 0.717) is 0 Å². The van der Waals surface area contributed by atoms with Gasteiger partial charge in [0.1, 0.15) is 5.69 Å². The number of anilines is 1. The number of thiophene rings is 1. The van der Waals surface area contributed by atoms with E-state index in [2.05, 4.69) is 15.9 Å². The molecule has 2 heterocycles. The molecular weight excluding hydrogens is 306 g/mol. The molecule has 0 spiro atoms. The molecule has 2 aromatic heterocycles. The van der Waals surface area contributed by atoms with Crippen molar-refractivity contribution in [2.24, 2.45) is 7.05 Å². The van der Waals surface area contributed by atoms with Gasteiger partial charge in [0.05, 0.1) is 6.54 Å². The zero-order valence-corrected chi connectivity index (χ0v) is 11.4. The number of nitrogen functional groups attached to an aromatic ring is 1. The maximum atomic E-state index is 11.8. The number of hydrogen-bond acceptors (Lipinski definition) is 4. The summed E-state index contributed by atoms with van der Waals surface area (Å²) in [4.78, 5) is 24.5. The Labute approximate surface area is 109 Å². The van der Waals surface area contributed by atoms with Crippen molar-refractivity contribution in [1.29, 1.82) is 0 Å². The van der Waals surface area contributed by atoms with E-state index in [1.54, 1.807) is 7.05 Å². The zero-order chi connectivity index (χ0) is 12.6. The average Bonchev–Trinajstić information content (AvgIpc) is 2.68. The van der Waals surface area contributed by atoms with Gasteiger partial charge in [0.25, 0.3) is 5.56 Å². The van der Waals surface area contributed by atoms with Crippen LogP contribution in [0, 0.1) is 0 Å². The summed E-state index contributed by atoms with van der Waals surface area (Å²) in [7, 11) is 1.57. The van der Waals surface area contributed by atoms with Crippen LogP contribution in [0.25, 0.3) is 0 Å². The summed E-state index contributed by atoms with van der Waals surface area (Å²) < 4.78 is 3.37. The number of halogens is 1. The van der Waals surface area contributed by atoms with Crippen LogP contribution in [-0.2, 0) is 13.6 Å². The minimum absolute atomic E-state index is 0.0720. The molecule has 2 aromatic rings. The highest BCUT2D eigenvalue weighted by atomic mass is 79.9. The summed E-state index contributed by atoms with van der Waals surface area (Å²) in [6.45, 7) is 0.243. The Morgan fingerprint density at radius 2 is 2.18 bits per heavy atom. The highest BCUT2D eigenvalue weighted by Gasteiger charge is 2.09. The van der Waals surface area contributed by atoms with Crippen LogP contribution in [-0.4, -0.2) is 9.13 Å². The van der Waals surface area contributed by atoms with E-state index < -0.39 is 5.56 Å². The van der Waals surface area contributed by atoms with Gasteiger partial charge < -0.3 is 10.3 Å². The Hall–Kier alpha value is -1.34. The molecular formula is C10H10BrN3O2S. The summed E-state index contributed by atoms with van der Waals surface area (Å²) >= 11 is 4.80. The minimum Gasteiger partial charge on any atom is -0.393 e. The molecule has 2 rings (SSSR count). The van der Waals surface area contributed by atoms with Crippen LogP contribution in [0.2, 0.25) is 0 Å². The quantitative estimate of drug-likeness (QED) is 0.899. The molecule has 5 nitrogen and oxygen atoms in total. The first-order valence-electron chi connectivity index (χ1n) is 4.78. The second-order valence-electron chi connectivity index (χ2n) is 3.60. The summed E-state index contributed by atoms with van der Waals surface area (Å²) in [5, 5.41) is 1.90. The molecule has 0 saturated heterocycles. The lowest BCUT2D eigenvalue weighted by Gasteiger charge is -2.06. The molecule has 90 valence electrons. The van der Waals surface area contributed by atoms with Crippen LogP contribution in [0.3, 0.4) is 0 Å². The number of rotatable bonds is 2. The number of aryl methyl sites for hydroxylation is 1. The van der Waals surface area contributed by atoms with Gasteiger partial charge in [0.15, 0.2) is 0 Å². The van der Waals surface area contributed by atoms with E-state index in [-0.39, 0.29) is 17.9 Å². The lowest BCUT2D eigenvalue weighted by Crippen LogP contribution is -2.39. The van der Waals surface area contributed by atoms with Crippen molar-refractivity contribution in [2.75, 3.05) is 5.73 Å². The molecule has 0 aliphatic heterocycles. The van der Waals surface area contributed by atoms with Crippen LogP contribution in [0.15, 0.2) is 31.7 Å². The van der Waals surface area contributed by atoms with Crippen LogP contribution < -0.4 is 17.0 Å². The maximum absolute atomic E-state index is 11.8. The normalized spacial score (nSPS) is 10.7. The molecule has 0 aromatic carbocycles. The van der Waals surface area contributed by atoms with Gasteiger partial charge in [-0.25, -0.2) is 4.79 Å². The second kappa shape index (κ2) is 4.50. The van der Waals surface area contributed by atoms with Crippen molar-refractivity contribution in [3.63, 3.8) is 0 Å². The topological polar surface area (TPSA) is 70.0 Å². The summed E-state index contributed by atoms with van der Waals surface area (Å²) in [5.74, 6) is 0. The van der Waals surface area contributed by atoms with E-state index in [1.165, 1.54) is 22.1 Å². The number of aromatic nitrogens is 2. The Morgan fingerprint density at radius 3 is 2.76 bits per heavy atom. The predicted molar refractivity (Wildman–Crippen MR) is 71.5 cm³/mol. The molecule has 2 N–H and O–H groups in total. The van der Waals surface area contributed by atoms with E-state index >= 15 is 0 Å². The van der Waals surface area contributed by atoms with Gasteiger partial charge in [0.2, 0.25) is 0 Å². The molecule has 0 atom stereocenters. The van der Waals surface area contributed by atoms with Crippen LogP contribution in [0.1, 0.15) is 4.88 Å². The van der Waals surface area contributed by atoms with Crippen LogP contribution >= 0.6 is 27.3 Å². The minimum atomic E-state index is -0.447. The van der Waals surface area contributed by atoms with E-state index in [4.69, 9.17) is 5.73 Å². The summed E-state index contributed by atoms with van der Waals surface area (Å²) in [5.41, 5.74) is 4.81. The molecule has 0 saturated carbocycles. The fourth-order valence-corrected chi connectivity index (χ4v) is 2.92. The molecule has 0 radical (unpaired) electrons. The number of nitrogens with two attached hydrogens (primary N) is 1. The standard InChI is InChI=1S/C10H10BrN3O2S/c1-13-4-8(12)9(15)14(10(13)16)3-7-2-6(11)5-17-7/h2,4-5H,3,12H2,1H3. The van der Waals surface area contributed by atoms with Gasteiger partial charge in [-0.1, -0.05) is 0 Å². The Balaban J connectivity index is 2.53. The van der Waals surface area contributed by atoms with Gasteiger partial charge in [-0.3, -0.25) is 9.36 Å². The van der Waals surface area contributed by atoms with Crippen molar-refractivity contribution in [3.8, 4) is 0 Å². The Morgan fingerprint density at radius 1 is 1.47 bits per heavy atom. The first-order chi connectivity index (χ1) is 7.99. The molecule has 7 heteroatoms. The fraction of sp³-hybridized carbons (Fsp3) is 0.200. The lowest BCUT2D eigenvalue weighted by atomic mass is 10.4. The van der Waals surface area contributed by atoms with Crippen molar-refractivity contribution >= 4 is 33.0 Å². The molecule has 0 aliphatic rings. The monoisotopic (exact) mass is 315 g/mol. The van der Waals surface area contributed by atoms with Crippen molar-refractivity contribution in [3.05, 3.63) is 47.8 Å². The van der Waals surface area contributed by atoms with E-state index in [1.807, 2.05) is 11.4 Å². The second-order valence-corrected chi connectivity index (χ2v) is 5.51. The van der Waals surface area contributed by atoms with Crippen molar-refractivity contribution in [2.45, 2.75) is 6.54 Å². The predicted octanol–water partition coefficient (Wildman–Crippen LogP) is 1.00. The fourth-order valence-electron chi connectivity index (χ4n) is 1.48. The van der Waals surface area contributed by atoms with Gasteiger partial charge in [0, 0.05) is 28.0 Å². The highest BCUT2D eigenvalue weighted by molar-refractivity contribution is 9.10. The van der Waals surface area contributed by atoms with Gasteiger partial charge in [-0.2, -0.15) is 0 Å². The SMILES string of the molecule is Cn1cc(N)c(=O)n(Cc2cc(Br)cs2)c1=O. The highest BCUT2D eigenvalue weighted by Crippen LogP contribution is 2.19.